The third-order valence-corrected chi connectivity index (χ3v) is 3.97. The number of carboxylic acid groups (broad SMARTS) is 1. The van der Waals surface area contributed by atoms with Gasteiger partial charge in [0.25, 0.3) is 0 Å². The molecule has 0 unspecified atom stereocenters. The minimum atomic E-state index is -0.953. The third-order valence-electron chi connectivity index (χ3n) is 3.97. The van der Waals surface area contributed by atoms with E-state index in [1.807, 2.05) is 13.8 Å². The number of carbonyl (C=O) groups is 2. The Kier molecular flexibility index (Phi) is 3.93. The van der Waals surface area contributed by atoms with Gasteiger partial charge in [-0.2, -0.15) is 0 Å². The van der Waals surface area contributed by atoms with E-state index in [9.17, 15) is 14.7 Å². The van der Waals surface area contributed by atoms with Crippen LogP contribution >= 0.6 is 0 Å². The van der Waals surface area contributed by atoms with E-state index in [1.54, 1.807) is 42.6 Å². The molecule has 1 aliphatic heterocycles. The number of fused-ring (bicyclic) bond motifs is 1. The van der Waals surface area contributed by atoms with Gasteiger partial charge in [-0.3, -0.25) is 9.78 Å². The number of hydrogen-bond donors (Lipinski definition) is 2. The molecule has 0 fully saturated rings. The van der Waals surface area contributed by atoms with E-state index in [-0.39, 0.29) is 16.9 Å². The quantitative estimate of drug-likeness (QED) is 0.671. The first kappa shape index (κ1) is 15.9. The van der Waals surface area contributed by atoms with Crippen molar-refractivity contribution in [1.29, 1.82) is 0 Å². The molecule has 1 aliphatic rings. The van der Waals surface area contributed by atoms with E-state index in [2.05, 4.69) is 10.3 Å². The van der Waals surface area contributed by atoms with Gasteiger partial charge in [-0.15, -0.1) is 0 Å². The molecule has 1 aromatic carbocycles. The summed E-state index contributed by atoms with van der Waals surface area (Å²) < 4.78 is 0. The lowest BCUT2D eigenvalue weighted by Gasteiger charge is -2.35. The van der Waals surface area contributed by atoms with Gasteiger partial charge < -0.3 is 10.4 Å². The summed E-state index contributed by atoms with van der Waals surface area (Å²) in [5, 5.41) is 12.6. The fourth-order valence-electron chi connectivity index (χ4n) is 2.92. The van der Waals surface area contributed by atoms with Gasteiger partial charge in [0.2, 0.25) is 0 Å². The predicted octanol–water partition coefficient (Wildman–Crippen LogP) is 2.93. The molecule has 2 N–H and O–H groups in total. The average molecular weight is 322 g/mol. The van der Waals surface area contributed by atoms with E-state index in [0.717, 1.165) is 11.1 Å². The molecule has 2 aromatic rings. The van der Waals surface area contributed by atoms with Crippen LogP contribution in [0.4, 0.5) is 0 Å². The first-order valence-corrected chi connectivity index (χ1v) is 7.66. The van der Waals surface area contributed by atoms with E-state index < -0.39 is 5.97 Å². The molecule has 0 saturated carbocycles. The third kappa shape index (κ3) is 3.20. The Morgan fingerprint density at radius 1 is 1.25 bits per heavy atom. The lowest BCUT2D eigenvalue weighted by Crippen LogP contribution is -2.44. The summed E-state index contributed by atoms with van der Waals surface area (Å²) in [4.78, 5) is 27.6. The van der Waals surface area contributed by atoms with Crippen LogP contribution in [0.5, 0.6) is 0 Å². The molecule has 1 aromatic heterocycles. The van der Waals surface area contributed by atoms with Gasteiger partial charge in [-0.05, 0) is 50.1 Å². The van der Waals surface area contributed by atoms with Crippen LogP contribution in [0.25, 0.3) is 5.70 Å². The Morgan fingerprint density at radius 2 is 2.04 bits per heavy atom. The zero-order chi connectivity index (χ0) is 17.3. The number of aromatic carboxylic acids is 1. The number of benzene rings is 1. The van der Waals surface area contributed by atoms with Gasteiger partial charge in [0.15, 0.2) is 5.78 Å². The van der Waals surface area contributed by atoms with Gasteiger partial charge in [0.05, 0.1) is 5.56 Å². The van der Waals surface area contributed by atoms with Crippen LogP contribution in [0, 0.1) is 0 Å². The van der Waals surface area contributed by atoms with Crippen molar-refractivity contribution < 1.29 is 14.7 Å². The van der Waals surface area contributed by atoms with Crippen LogP contribution in [-0.2, 0) is 6.42 Å². The number of allylic oxidation sites excluding steroid dienone is 1. The molecular formula is C19H18N2O3. The summed E-state index contributed by atoms with van der Waals surface area (Å²) in [6.07, 6.45) is 5.38. The molecule has 5 nitrogen and oxygen atoms in total. The molecule has 24 heavy (non-hydrogen) atoms. The fourth-order valence-corrected chi connectivity index (χ4v) is 2.92. The van der Waals surface area contributed by atoms with E-state index in [4.69, 9.17) is 0 Å². The monoisotopic (exact) mass is 322 g/mol. The second-order valence-corrected chi connectivity index (χ2v) is 6.53. The number of carbonyl (C=O) groups excluding carboxylic acids is 1. The normalized spacial score (nSPS) is 17.0. The molecule has 5 heteroatoms. The lowest BCUT2D eigenvalue weighted by atomic mass is 9.84. The highest BCUT2D eigenvalue weighted by atomic mass is 16.4. The fraction of sp³-hybridized carbons (Fsp3) is 0.211. The van der Waals surface area contributed by atoms with Crippen LogP contribution in [0.15, 0.2) is 48.8 Å². The molecule has 0 aliphatic carbocycles. The first-order chi connectivity index (χ1) is 11.4. The van der Waals surface area contributed by atoms with Gasteiger partial charge in [0.1, 0.15) is 0 Å². The van der Waals surface area contributed by atoms with Crippen molar-refractivity contribution in [3.05, 3.63) is 71.1 Å². The minimum Gasteiger partial charge on any atom is -0.478 e. The second-order valence-electron chi connectivity index (χ2n) is 6.53. The van der Waals surface area contributed by atoms with Crippen molar-refractivity contribution in [1.82, 2.24) is 10.3 Å². The molecule has 0 saturated heterocycles. The Labute approximate surface area is 140 Å². The molecule has 0 radical (unpaired) electrons. The summed E-state index contributed by atoms with van der Waals surface area (Å²) in [5.74, 6) is -1.09. The van der Waals surface area contributed by atoms with Gasteiger partial charge in [-0.1, -0.05) is 6.07 Å². The Bertz CT molecular complexity index is 839. The molecule has 0 atom stereocenters. The SMILES string of the molecule is CC1(C)Cc2cc(C(=O)O)ccc2C(=CC(=O)c2cccnc2)N1. The average Bonchev–Trinajstić information content (AvgIpc) is 2.54. The van der Waals surface area contributed by atoms with Crippen molar-refractivity contribution in [2.75, 3.05) is 0 Å². The Morgan fingerprint density at radius 3 is 2.71 bits per heavy atom. The lowest BCUT2D eigenvalue weighted by molar-refractivity contribution is 0.0696. The zero-order valence-corrected chi connectivity index (χ0v) is 13.5. The summed E-state index contributed by atoms with van der Waals surface area (Å²) in [5.41, 5.74) is 2.97. The second kappa shape index (κ2) is 5.92. The number of nitrogens with zero attached hydrogens (tertiary/aromatic N) is 1. The van der Waals surface area contributed by atoms with Crippen molar-refractivity contribution in [2.24, 2.45) is 0 Å². The molecule has 2 heterocycles. The number of ketones is 1. The number of pyridine rings is 1. The Balaban J connectivity index is 2.05. The molecule has 122 valence electrons. The molecule has 0 amide bonds. The van der Waals surface area contributed by atoms with Crippen molar-refractivity contribution in [3.8, 4) is 0 Å². The number of nitrogens with one attached hydrogen (secondary N) is 1. The number of rotatable bonds is 3. The number of aromatic nitrogens is 1. The summed E-state index contributed by atoms with van der Waals surface area (Å²) >= 11 is 0. The van der Waals surface area contributed by atoms with Crippen molar-refractivity contribution in [3.63, 3.8) is 0 Å². The largest absolute Gasteiger partial charge is 0.478 e. The maximum Gasteiger partial charge on any atom is 0.335 e. The van der Waals surface area contributed by atoms with E-state index in [1.165, 1.54) is 6.20 Å². The summed E-state index contributed by atoms with van der Waals surface area (Å²) in [6.45, 7) is 4.04. The summed E-state index contributed by atoms with van der Waals surface area (Å²) in [6, 6.07) is 8.43. The maximum absolute atomic E-state index is 12.5. The first-order valence-electron chi connectivity index (χ1n) is 7.66. The zero-order valence-electron chi connectivity index (χ0n) is 13.5. The highest BCUT2D eigenvalue weighted by molar-refractivity contribution is 6.08. The maximum atomic E-state index is 12.5. The van der Waals surface area contributed by atoms with Crippen molar-refractivity contribution in [2.45, 2.75) is 25.8 Å². The van der Waals surface area contributed by atoms with Crippen LogP contribution in [0.2, 0.25) is 0 Å². The van der Waals surface area contributed by atoms with Crippen LogP contribution in [-0.4, -0.2) is 27.4 Å². The van der Waals surface area contributed by atoms with E-state index >= 15 is 0 Å². The highest BCUT2D eigenvalue weighted by Gasteiger charge is 2.28. The summed E-state index contributed by atoms with van der Waals surface area (Å²) in [7, 11) is 0. The predicted molar refractivity (Wildman–Crippen MR) is 90.9 cm³/mol. The molecule has 0 spiro atoms. The Hall–Kier alpha value is -2.95. The minimum absolute atomic E-state index is 0.142. The van der Waals surface area contributed by atoms with Crippen molar-refractivity contribution >= 4 is 17.4 Å². The number of carboxylic acids is 1. The highest BCUT2D eigenvalue weighted by Crippen LogP contribution is 2.30. The van der Waals surface area contributed by atoms with E-state index in [0.29, 0.717) is 17.7 Å². The van der Waals surface area contributed by atoms with Gasteiger partial charge in [-0.25, -0.2) is 4.79 Å². The standard InChI is InChI=1S/C19H18N2O3/c1-19(2)10-14-8-12(18(23)24)5-6-15(14)16(21-19)9-17(22)13-4-3-7-20-11-13/h3-9,11,21H,10H2,1-2H3,(H,23,24). The van der Waals surface area contributed by atoms with Gasteiger partial charge >= 0.3 is 5.97 Å². The van der Waals surface area contributed by atoms with Crippen LogP contribution in [0.3, 0.4) is 0 Å². The van der Waals surface area contributed by atoms with Gasteiger partial charge in [0, 0.05) is 40.8 Å². The van der Waals surface area contributed by atoms with Crippen LogP contribution in [0.1, 0.15) is 45.7 Å². The molecule has 3 rings (SSSR count). The number of hydrogen-bond acceptors (Lipinski definition) is 4. The van der Waals surface area contributed by atoms with Crippen LogP contribution < -0.4 is 5.32 Å². The topological polar surface area (TPSA) is 79.3 Å². The smallest absolute Gasteiger partial charge is 0.335 e. The molecular weight excluding hydrogens is 304 g/mol. The molecule has 0 bridgehead atoms.